The minimum atomic E-state index is -0.261. The molecule has 2 aromatic carbocycles. The maximum Gasteiger partial charge on any atom is 0.255 e. The molecule has 2 heterocycles. The number of phenols is 1. The number of nitrogens with zero attached hydrogens (tertiary/aromatic N) is 2. The summed E-state index contributed by atoms with van der Waals surface area (Å²) in [5, 5.41) is 16.7. The summed E-state index contributed by atoms with van der Waals surface area (Å²) < 4.78 is 0. The first-order valence-corrected chi connectivity index (χ1v) is 12.9. The van der Waals surface area contributed by atoms with Crippen LogP contribution in [-0.4, -0.2) is 46.6 Å². The number of rotatable bonds is 10. The molecule has 1 aromatic heterocycles. The van der Waals surface area contributed by atoms with Crippen LogP contribution in [0.1, 0.15) is 53.9 Å². The molecule has 1 amide bonds. The minimum Gasteiger partial charge on any atom is -0.507 e. The number of likely N-dealkylation sites (tertiary alicyclic amines) is 1. The summed E-state index contributed by atoms with van der Waals surface area (Å²) in [4.78, 5) is 19.8. The summed E-state index contributed by atoms with van der Waals surface area (Å²) in [6.45, 7) is 8.79. The Labute approximate surface area is 214 Å². The molecule has 1 aliphatic rings. The number of hydrogen-bond donors (Lipinski definition) is 3. The van der Waals surface area contributed by atoms with E-state index >= 15 is 0 Å². The maximum atomic E-state index is 12.5. The molecule has 0 aliphatic carbocycles. The first kappa shape index (κ1) is 25.9. The van der Waals surface area contributed by atoms with Crippen molar-refractivity contribution in [3.8, 4) is 5.75 Å². The molecule has 4 rings (SSSR count). The van der Waals surface area contributed by atoms with Crippen LogP contribution in [0.2, 0.25) is 0 Å². The normalized spacial score (nSPS) is 15.1. The number of piperidine rings is 1. The van der Waals surface area contributed by atoms with Crippen molar-refractivity contribution >= 4 is 5.91 Å². The largest absolute Gasteiger partial charge is 0.507 e. The van der Waals surface area contributed by atoms with Gasteiger partial charge in [-0.15, -0.1) is 0 Å². The van der Waals surface area contributed by atoms with E-state index in [-0.39, 0.29) is 17.1 Å². The molecule has 1 fully saturated rings. The van der Waals surface area contributed by atoms with Gasteiger partial charge in [-0.3, -0.25) is 14.7 Å². The number of aromatic nitrogens is 1. The minimum absolute atomic E-state index is 0.00297. The molecule has 36 heavy (non-hydrogen) atoms. The van der Waals surface area contributed by atoms with Crippen molar-refractivity contribution in [2.45, 2.75) is 52.2 Å². The van der Waals surface area contributed by atoms with Gasteiger partial charge in [-0.05, 0) is 67.1 Å². The van der Waals surface area contributed by atoms with Crippen LogP contribution in [0.3, 0.4) is 0 Å². The second-order valence-electron chi connectivity index (χ2n) is 10.6. The number of carbonyl (C=O) groups is 1. The molecule has 0 atom stereocenters. The molecule has 0 radical (unpaired) electrons. The summed E-state index contributed by atoms with van der Waals surface area (Å²) in [7, 11) is 0. The first-order valence-electron chi connectivity index (χ1n) is 12.9. The Kier molecular flexibility index (Phi) is 8.73. The van der Waals surface area contributed by atoms with Gasteiger partial charge in [0.15, 0.2) is 0 Å². The van der Waals surface area contributed by atoms with Gasteiger partial charge in [0.25, 0.3) is 5.91 Å². The van der Waals surface area contributed by atoms with Gasteiger partial charge in [0.05, 0.1) is 5.56 Å². The monoisotopic (exact) mass is 486 g/mol. The Morgan fingerprint density at radius 2 is 1.75 bits per heavy atom. The fraction of sp³-hybridized carbons (Fsp3) is 0.400. The van der Waals surface area contributed by atoms with E-state index in [1.807, 2.05) is 12.3 Å². The standard InChI is InChI=1S/C30H38N4O2/c1-30(2,22-33-29(36)26-12-6-7-13-28(26)35)19-27-24(11-8-16-31-27)20-32-25-14-17-34(18-15-25)21-23-9-4-3-5-10-23/h3-13,16,25,32,35H,14-15,17-22H2,1-2H3,(H,33,36). The lowest BCUT2D eigenvalue weighted by Gasteiger charge is -2.32. The molecule has 6 heteroatoms. The predicted molar refractivity (Wildman–Crippen MR) is 144 cm³/mol. The topological polar surface area (TPSA) is 77.5 Å². The van der Waals surface area contributed by atoms with Crippen molar-refractivity contribution in [3.05, 3.63) is 95.3 Å². The van der Waals surface area contributed by atoms with Gasteiger partial charge in [-0.25, -0.2) is 0 Å². The number of pyridine rings is 1. The smallest absolute Gasteiger partial charge is 0.255 e. The molecule has 1 aliphatic heterocycles. The van der Waals surface area contributed by atoms with Crippen LogP contribution in [-0.2, 0) is 19.5 Å². The third-order valence-corrected chi connectivity index (χ3v) is 6.92. The number of benzene rings is 2. The highest BCUT2D eigenvalue weighted by molar-refractivity contribution is 5.96. The zero-order valence-electron chi connectivity index (χ0n) is 21.4. The maximum absolute atomic E-state index is 12.5. The summed E-state index contributed by atoms with van der Waals surface area (Å²) in [6.07, 6.45) is 4.89. The number of hydrogen-bond acceptors (Lipinski definition) is 5. The van der Waals surface area contributed by atoms with E-state index in [0.29, 0.717) is 18.2 Å². The van der Waals surface area contributed by atoms with Crippen LogP contribution >= 0.6 is 0 Å². The lowest BCUT2D eigenvalue weighted by Crippen LogP contribution is -2.42. The lowest BCUT2D eigenvalue weighted by molar-refractivity contribution is 0.0933. The Morgan fingerprint density at radius 3 is 2.50 bits per heavy atom. The highest BCUT2D eigenvalue weighted by Crippen LogP contribution is 2.23. The van der Waals surface area contributed by atoms with E-state index in [0.717, 1.165) is 51.1 Å². The number of para-hydroxylation sites is 1. The highest BCUT2D eigenvalue weighted by Gasteiger charge is 2.24. The van der Waals surface area contributed by atoms with Crippen LogP contribution in [0, 0.1) is 5.41 Å². The number of carbonyl (C=O) groups excluding carboxylic acids is 1. The van der Waals surface area contributed by atoms with E-state index in [1.54, 1.807) is 18.2 Å². The molecule has 3 N–H and O–H groups in total. The van der Waals surface area contributed by atoms with Gasteiger partial charge in [-0.2, -0.15) is 0 Å². The molecule has 0 bridgehead atoms. The molecule has 0 saturated carbocycles. The van der Waals surface area contributed by atoms with Gasteiger partial charge in [-0.1, -0.05) is 62.4 Å². The van der Waals surface area contributed by atoms with Crippen LogP contribution in [0.4, 0.5) is 0 Å². The second kappa shape index (κ2) is 12.2. The quantitative estimate of drug-likeness (QED) is 0.392. The molecule has 6 nitrogen and oxygen atoms in total. The predicted octanol–water partition coefficient (Wildman–Crippen LogP) is 4.54. The Morgan fingerprint density at radius 1 is 1.03 bits per heavy atom. The first-order chi connectivity index (χ1) is 17.4. The van der Waals surface area contributed by atoms with Gasteiger partial charge in [0.1, 0.15) is 5.75 Å². The van der Waals surface area contributed by atoms with Gasteiger partial charge < -0.3 is 15.7 Å². The molecule has 1 saturated heterocycles. The number of amides is 1. The molecular formula is C30H38N4O2. The molecule has 0 unspecified atom stereocenters. The van der Waals surface area contributed by atoms with Gasteiger partial charge in [0, 0.05) is 37.6 Å². The van der Waals surface area contributed by atoms with E-state index < -0.39 is 0 Å². The third-order valence-electron chi connectivity index (χ3n) is 6.92. The van der Waals surface area contributed by atoms with Crippen molar-refractivity contribution < 1.29 is 9.90 Å². The molecular weight excluding hydrogens is 448 g/mol. The molecule has 3 aromatic rings. The number of aromatic hydroxyl groups is 1. The Hall–Kier alpha value is -3.22. The average Bonchev–Trinajstić information content (AvgIpc) is 2.88. The van der Waals surface area contributed by atoms with Crippen molar-refractivity contribution in [2.24, 2.45) is 5.41 Å². The van der Waals surface area contributed by atoms with Gasteiger partial charge >= 0.3 is 0 Å². The van der Waals surface area contributed by atoms with Crippen LogP contribution < -0.4 is 10.6 Å². The zero-order valence-corrected chi connectivity index (χ0v) is 21.4. The summed E-state index contributed by atoms with van der Waals surface area (Å²) in [6, 6.07) is 22.0. The number of phenolic OH excluding ortho intramolecular Hbond substituents is 1. The van der Waals surface area contributed by atoms with E-state index in [1.165, 1.54) is 17.2 Å². The summed E-state index contributed by atoms with van der Waals surface area (Å²) >= 11 is 0. The van der Waals surface area contributed by atoms with E-state index in [2.05, 4.69) is 70.8 Å². The van der Waals surface area contributed by atoms with Crippen molar-refractivity contribution in [2.75, 3.05) is 19.6 Å². The van der Waals surface area contributed by atoms with Crippen LogP contribution in [0.5, 0.6) is 5.75 Å². The van der Waals surface area contributed by atoms with Crippen molar-refractivity contribution in [1.29, 1.82) is 0 Å². The van der Waals surface area contributed by atoms with Gasteiger partial charge in [0.2, 0.25) is 0 Å². The zero-order chi connectivity index (χ0) is 25.4. The average molecular weight is 487 g/mol. The summed E-state index contributed by atoms with van der Waals surface area (Å²) in [5.41, 5.74) is 3.76. The van der Waals surface area contributed by atoms with E-state index in [4.69, 9.17) is 0 Å². The third kappa shape index (κ3) is 7.39. The van der Waals surface area contributed by atoms with Crippen LogP contribution in [0.25, 0.3) is 0 Å². The van der Waals surface area contributed by atoms with Crippen molar-refractivity contribution in [1.82, 2.24) is 20.5 Å². The fourth-order valence-electron chi connectivity index (χ4n) is 4.78. The molecule has 0 spiro atoms. The van der Waals surface area contributed by atoms with Crippen LogP contribution in [0.15, 0.2) is 72.9 Å². The highest BCUT2D eigenvalue weighted by atomic mass is 16.3. The SMILES string of the molecule is CC(C)(CNC(=O)c1ccccc1O)Cc1ncccc1CNC1CCN(Cc2ccccc2)CC1. The second-order valence-corrected chi connectivity index (χ2v) is 10.6. The van der Waals surface area contributed by atoms with Crippen molar-refractivity contribution in [3.63, 3.8) is 0 Å². The summed E-state index contributed by atoms with van der Waals surface area (Å²) in [5.74, 6) is -0.264. The lowest BCUT2D eigenvalue weighted by atomic mass is 9.86. The Balaban J connectivity index is 1.26. The molecule has 190 valence electrons. The van der Waals surface area contributed by atoms with E-state index in [9.17, 15) is 9.90 Å². The number of nitrogens with one attached hydrogen (secondary N) is 2. The fourth-order valence-corrected chi connectivity index (χ4v) is 4.78. The Bertz CT molecular complexity index is 1120.